The molecule has 1 atom stereocenters. The Bertz CT molecular complexity index is 660. The fraction of sp³-hybridized carbons (Fsp3) is 0.533. The van der Waals surface area contributed by atoms with Crippen LogP contribution in [0.3, 0.4) is 0 Å². The van der Waals surface area contributed by atoms with Gasteiger partial charge in [0.1, 0.15) is 6.61 Å². The zero-order chi connectivity index (χ0) is 16.6. The van der Waals surface area contributed by atoms with Gasteiger partial charge in [-0.2, -0.15) is 0 Å². The second-order valence-corrected chi connectivity index (χ2v) is 7.04. The van der Waals surface area contributed by atoms with E-state index < -0.39 is 10.3 Å². The Morgan fingerprint density at radius 2 is 2.09 bits per heavy atom. The number of hydrogen-bond donors (Lipinski definition) is 0. The summed E-state index contributed by atoms with van der Waals surface area (Å²) in [4.78, 5) is 25.8. The molecule has 0 aliphatic carbocycles. The first kappa shape index (κ1) is 16.4. The highest BCUT2D eigenvalue weighted by atomic mass is 79.9. The van der Waals surface area contributed by atoms with Crippen molar-refractivity contribution < 1.29 is 19.2 Å². The van der Waals surface area contributed by atoms with Crippen LogP contribution in [0.5, 0.6) is 5.75 Å². The molecular formula is C15H17BrN2O5. The summed E-state index contributed by atoms with van der Waals surface area (Å²) in [7, 11) is 0. The monoisotopic (exact) mass is 384 g/mol. The Morgan fingerprint density at radius 3 is 2.74 bits per heavy atom. The quantitative estimate of drug-likeness (QED) is 0.587. The van der Waals surface area contributed by atoms with Crippen molar-refractivity contribution in [2.75, 3.05) is 39.5 Å². The SMILES string of the molecule is C[C@@]1(CN2CCOCC2)COc2c(cc(Br)cc2[N+](=O)[O-])C1=O. The number of fused-ring (bicyclic) bond motifs is 1. The van der Waals surface area contributed by atoms with Crippen molar-refractivity contribution in [3.63, 3.8) is 0 Å². The average molecular weight is 385 g/mol. The van der Waals surface area contributed by atoms with Crippen LogP contribution in [-0.2, 0) is 4.74 Å². The minimum Gasteiger partial charge on any atom is -0.485 e. The Labute approximate surface area is 141 Å². The molecule has 23 heavy (non-hydrogen) atoms. The van der Waals surface area contributed by atoms with Crippen LogP contribution in [0.15, 0.2) is 16.6 Å². The van der Waals surface area contributed by atoms with E-state index >= 15 is 0 Å². The number of nitro groups is 1. The van der Waals surface area contributed by atoms with Crippen molar-refractivity contribution in [2.24, 2.45) is 5.41 Å². The van der Waals surface area contributed by atoms with Crippen LogP contribution in [0.2, 0.25) is 0 Å². The molecular weight excluding hydrogens is 368 g/mol. The summed E-state index contributed by atoms with van der Waals surface area (Å²) >= 11 is 3.23. The van der Waals surface area contributed by atoms with Gasteiger partial charge in [-0.1, -0.05) is 15.9 Å². The number of carbonyl (C=O) groups excluding carboxylic acids is 1. The first-order valence-electron chi connectivity index (χ1n) is 7.36. The summed E-state index contributed by atoms with van der Waals surface area (Å²) < 4.78 is 11.5. The van der Waals surface area contributed by atoms with E-state index in [9.17, 15) is 14.9 Å². The van der Waals surface area contributed by atoms with Crippen molar-refractivity contribution >= 4 is 27.4 Å². The number of ether oxygens (including phenoxy) is 2. The third kappa shape index (κ3) is 3.11. The van der Waals surface area contributed by atoms with Gasteiger partial charge < -0.3 is 9.47 Å². The Balaban J connectivity index is 1.92. The maximum absolute atomic E-state index is 13.0. The van der Waals surface area contributed by atoms with E-state index in [1.807, 2.05) is 6.92 Å². The van der Waals surface area contributed by atoms with Crippen molar-refractivity contribution in [1.29, 1.82) is 0 Å². The van der Waals surface area contributed by atoms with Gasteiger partial charge in [-0.25, -0.2) is 0 Å². The molecule has 1 fully saturated rings. The van der Waals surface area contributed by atoms with Crippen LogP contribution < -0.4 is 4.74 Å². The van der Waals surface area contributed by atoms with E-state index in [0.29, 0.717) is 24.2 Å². The third-order valence-corrected chi connectivity index (χ3v) is 4.69. The second-order valence-electron chi connectivity index (χ2n) is 6.13. The normalized spacial score (nSPS) is 24.9. The van der Waals surface area contributed by atoms with Gasteiger partial charge in [0.2, 0.25) is 5.75 Å². The molecule has 2 heterocycles. The van der Waals surface area contributed by atoms with Gasteiger partial charge in [0.15, 0.2) is 5.78 Å². The topological polar surface area (TPSA) is 81.9 Å². The molecule has 1 aromatic carbocycles. The van der Waals surface area contributed by atoms with Crippen LogP contribution in [0.25, 0.3) is 0 Å². The number of ketones is 1. The van der Waals surface area contributed by atoms with Crippen molar-refractivity contribution in [3.8, 4) is 5.75 Å². The van der Waals surface area contributed by atoms with Gasteiger partial charge in [0.25, 0.3) is 0 Å². The van der Waals surface area contributed by atoms with Crippen molar-refractivity contribution in [1.82, 2.24) is 4.90 Å². The Kier molecular flexibility index (Phi) is 4.39. The van der Waals surface area contributed by atoms with E-state index in [0.717, 1.165) is 13.1 Å². The van der Waals surface area contributed by atoms with Crippen LogP contribution in [0, 0.1) is 15.5 Å². The summed E-state index contributed by atoms with van der Waals surface area (Å²) in [5.41, 5.74) is -0.636. The lowest BCUT2D eigenvalue weighted by Gasteiger charge is -2.38. The lowest BCUT2D eigenvalue weighted by atomic mass is 9.80. The van der Waals surface area contributed by atoms with Crippen molar-refractivity contribution in [2.45, 2.75) is 6.92 Å². The molecule has 7 nitrogen and oxygen atoms in total. The maximum atomic E-state index is 13.0. The maximum Gasteiger partial charge on any atom is 0.312 e. The number of Topliss-reactive ketones (excluding diaryl/α,β-unsaturated/α-hetero) is 1. The minimum atomic E-state index is -0.723. The first-order chi connectivity index (χ1) is 10.9. The number of halogens is 1. The molecule has 0 spiro atoms. The molecule has 2 aliphatic heterocycles. The molecule has 3 rings (SSSR count). The molecule has 2 aliphatic rings. The molecule has 0 N–H and O–H groups in total. The predicted molar refractivity (Wildman–Crippen MR) is 86.0 cm³/mol. The summed E-state index contributed by atoms with van der Waals surface area (Å²) in [6.45, 7) is 5.38. The van der Waals surface area contributed by atoms with Gasteiger partial charge in [-0.3, -0.25) is 19.8 Å². The lowest BCUT2D eigenvalue weighted by Crippen LogP contribution is -2.50. The molecule has 1 saturated heterocycles. The van der Waals surface area contributed by atoms with Gasteiger partial charge in [-0.15, -0.1) is 0 Å². The summed E-state index contributed by atoms with van der Waals surface area (Å²) in [5.74, 6) is -0.0442. The molecule has 0 radical (unpaired) electrons. The number of nitrogens with zero attached hydrogens (tertiary/aromatic N) is 2. The fourth-order valence-electron chi connectivity index (χ4n) is 3.03. The molecule has 0 saturated carbocycles. The smallest absolute Gasteiger partial charge is 0.312 e. The highest BCUT2D eigenvalue weighted by Crippen LogP contribution is 2.42. The Hall–Kier alpha value is -1.51. The van der Waals surface area contributed by atoms with Gasteiger partial charge in [-0.05, 0) is 13.0 Å². The van der Waals surface area contributed by atoms with Gasteiger partial charge in [0.05, 0.1) is 29.1 Å². The van der Waals surface area contributed by atoms with Crippen LogP contribution in [0.4, 0.5) is 5.69 Å². The molecule has 124 valence electrons. The Morgan fingerprint density at radius 1 is 1.39 bits per heavy atom. The fourth-order valence-corrected chi connectivity index (χ4v) is 3.47. The summed E-state index contributed by atoms with van der Waals surface area (Å²) in [6.07, 6.45) is 0. The average Bonchev–Trinajstić information content (AvgIpc) is 2.52. The predicted octanol–water partition coefficient (Wildman–Crippen LogP) is 2.27. The highest BCUT2D eigenvalue weighted by molar-refractivity contribution is 9.10. The number of nitro benzene ring substituents is 1. The molecule has 0 amide bonds. The van der Waals surface area contributed by atoms with E-state index in [2.05, 4.69) is 20.8 Å². The molecule has 0 aromatic heterocycles. The van der Waals surface area contributed by atoms with E-state index in [1.54, 1.807) is 6.07 Å². The van der Waals surface area contributed by atoms with Gasteiger partial charge in [0, 0.05) is 30.2 Å². The van der Waals surface area contributed by atoms with Crippen LogP contribution >= 0.6 is 15.9 Å². The summed E-state index contributed by atoms with van der Waals surface area (Å²) in [6, 6.07) is 2.96. The second kappa shape index (κ2) is 6.18. The molecule has 0 bridgehead atoms. The zero-order valence-corrected chi connectivity index (χ0v) is 14.3. The standard InChI is InChI=1S/C15H17BrN2O5/c1-15(8-17-2-4-22-5-3-17)9-23-13-11(14(15)19)6-10(16)7-12(13)18(20)21/h6-7H,2-5,8-9H2,1H3/t15-/m1/s1. The number of morpholine rings is 1. The van der Waals surface area contributed by atoms with E-state index in [4.69, 9.17) is 9.47 Å². The van der Waals surface area contributed by atoms with Crippen molar-refractivity contribution in [3.05, 3.63) is 32.3 Å². The highest BCUT2D eigenvalue weighted by Gasteiger charge is 2.44. The molecule has 1 aromatic rings. The van der Waals surface area contributed by atoms with Gasteiger partial charge >= 0.3 is 5.69 Å². The first-order valence-corrected chi connectivity index (χ1v) is 8.16. The lowest BCUT2D eigenvalue weighted by molar-refractivity contribution is -0.386. The summed E-state index contributed by atoms with van der Waals surface area (Å²) in [5, 5.41) is 11.2. The number of rotatable bonds is 3. The van der Waals surface area contributed by atoms with E-state index in [-0.39, 0.29) is 29.4 Å². The van der Waals surface area contributed by atoms with Crippen LogP contribution in [0.1, 0.15) is 17.3 Å². The number of hydrogen-bond acceptors (Lipinski definition) is 6. The minimum absolute atomic E-state index is 0.0719. The van der Waals surface area contributed by atoms with E-state index in [1.165, 1.54) is 6.07 Å². The largest absolute Gasteiger partial charge is 0.485 e. The van der Waals surface area contributed by atoms with Crippen LogP contribution in [-0.4, -0.2) is 55.1 Å². The zero-order valence-electron chi connectivity index (χ0n) is 12.7. The molecule has 8 heteroatoms. The number of carbonyl (C=O) groups is 1. The number of benzene rings is 1. The third-order valence-electron chi connectivity index (χ3n) is 4.23. The molecule has 0 unspecified atom stereocenters.